The highest BCUT2D eigenvalue weighted by atomic mass is 32.3. The van der Waals surface area contributed by atoms with E-state index >= 15 is 0 Å². The molecule has 4 aromatic rings. The van der Waals surface area contributed by atoms with Crippen LogP contribution in [0.2, 0.25) is 0 Å². The van der Waals surface area contributed by atoms with E-state index in [9.17, 15) is 21.6 Å². The third-order valence-corrected chi connectivity index (χ3v) is 11.2. The molecular weight excluding hydrogens is 525 g/mol. The van der Waals surface area contributed by atoms with Gasteiger partial charge in [-0.2, -0.15) is 25.2 Å². The first kappa shape index (κ1) is 26.3. The van der Waals surface area contributed by atoms with Crippen molar-refractivity contribution in [3.05, 3.63) is 114 Å². The summed E-state index contributed by atoms with van der Waals surface area (Å²) < 4.78 is 71.2. The standard InChI is InChI=1S/C27H23F3O3S3/c1-20-8-14-24(15-9-20)35(25-16-10-21(2)11-17-25,33-36(31,32)27(28,29)30)26-18-12-23(13-19-26)34-22-6-4-3-5-7-22/h3-19H,1-2H3. The highest BCUT2D eigenvalue weighted by Crippen LogP contribution is 2.70. The van der Waals surface area contributed by atoms with E-state index in [1.807, 2.05) is 44.2 Å². The SMILES string of the molecule is Cc1ccc(S(OS(=O)(=O)C(F)(F)F)(c2ccc(C)cc2)c2ccc(Sc3ccccc3)cc2)cc1. The van der Waals surface area contributed by atoms with Crippen molar-refractivity contribution >= 4 is 32.2 Å². The smallest absolute Gasteiger partial charge is 0.200 e. The summed E-state index contributed by atoms with van der Waals surface area (Å²) in [6, 6.07) is 29.9. The van der Waals surface area contributed by atoms with Crippen LogP contribution in [0.25, 0.3) is 0 Å². The molecule has 0 saturated carbocycles. The van der Waals surface area contributed by atoms with Gasteiger partial charge in [0.05, 0.1) is 0 Å². The molecule has 188 valence electrons. The molecule has 0 radical (unpaired) electrons. The predicted octanol–water partition coefficient (Wildman–Crippen LogP) is 8.52. The molecule has 0 heterocycles. The molecule has 0 aliphatic rings. The van der Waals surface area contributed by atoms with E-state index in [4.69, 9.17) is 3.63 Å². The van der Waals surface area contributed by atoms with Crippen molar-refractivity contribution in [2.24, 2.45) is 0 Å². The van der Waals surface area contributed by atoms with Gasteiger partial charge in [0.2, 0.25) is 0 Å². The lowest BCUT2D eigenvalue weighted by Gasteiger charge is -2.39. The summed E-state index contributed by atoms with van der Waals surface area (Å²) >= 11 is 1.49. The van der Waals surface area contributed by atoms with Crippen LogP contribution in [0.3, 0.4) is 0 Å². The summed E-state index contributed by atoms with van der Waals surface area (Å²) in [6.45, 7) is 3.69. The third kappa shape index (κ3) is 5.49. The molecule has 3 nitrogen and oxygen atoms in total. The molecule has 0 atom stereocenters. The molecule has 36 heavy (non-hydrogen) atoms. The zero-order valence-electron chi connectivity index (χ0n) is 19.4. The maximum atomic E-state index is 13.6. The van der Waals surface area contributed by atoms with Gasteiger partial charge in [-0.3, -0.25) is 0 Å². The quantitative estimate of drug-likeness (QED) is 0.217. The Labute approximate surface area is 215 Å². The largest absolute Gasteiger partial charge is 0.524 e. The Morgan fingerprint density at radius 1 is 0.611 bits per heavy atom. The zero-order chi connectivity index (χ0) is 26.0. The van der Waals surface area contributed by atoms with E-state index in [0.29, 0.717) is 14.7 Å². The minimum Gasteiger partial charge on any atom is -0.200 e. The van der Waals surface area contributed by atoms with E-state index in [1.165, 1.54) is 11.8 Å². The molecule has 0 aliphatic carbocycles. The molecule has 9 heteroatoms. The third-order valence-electron chi connectivity index (χ3n) is 5.32. The van der Waals surface area contributed by atoms with Crippen LogP contribution in [0.15, 0.2) is 128 Å². The van der Waals surface area contributed by atoms with E-state index in [2.05, 4.69) is 0 Å². The highest BCUT2D eigenvalue weighted by Gasteiger charge is 2.52. The van der Waals surface area contributed by atoms with Crippen molar-refractivity contribution in [1.29, 1.82) is 0 Å². The second kappa shape index (κ2) is 10.3. The van der Waals surface area contributed by atoms with Crippen molar-refractivity contribution in [2.75, 3.05) is 0 Å². The number of hydrogen-bond donors (Lipinski definition) is 0. The molecule has 0 amide bonds. The van der Waals surface area contributed by atoms with Crippen LogP contribution < -0.4 is 0 Å². The summed E-state index contributed by atoms with van der Waals surface area (Å²) in [4.78, 5) is 2.86. The number of hydrogen-bond acceptors (Lipinski definition) is 4. The zero-order valence-corrected chi connectivity index (χ0v) is 21.8. The molecule has 0 fully saturated rings. The summed E-state index contributed by atoms with van der Waals surface area (Å²) in [7, 11) is -9.26. The number of aryl methyl sites for hydroxylation is 2. The van der Waals surface area contributed by atoms with Gasteiger partial charge >= 0.3 is 15.6 Å². The Balaban J connectivity index is 1.93. The minimum atomic E-state index is -5.95. The molecular formula is C27H23F3O3S3. The van der Waals surface area contributed by atoms with Crippen LogP contribution in [-0.4, -0.2) is 13.9 Å². The first-order valence-electron chi connectivity index (χ1n) is 10.8. The fourth-order valence-corrected chi connectivity index (χ4v) is 9.02. The number of alkyl halides is 3. The van der Waals surface area contributed by atoms with Crippen LogP contribution in [0.5, 0.6) is 0 Å². The molecule has 0 aliphatic heterocycles. The summed E-state index contributed by atoms with van der Waals surface area (Å²) in [6.07, 6.45) is 0. The number of benzene rings is 4. The molecule has 0 saturated heterocycles. The molecule has 0 aromatic heterocycles. The average molecular weight is 549 g/mol. The van der Waals surface area contributed by atoms with Gasteiger partial charge in [0, 0.05) is 24.5 Å². The van der Waals surface area contributed by atoms with Crippen LogP contribution >= 0.6 is 22.1 Å². The van der Waals surface area contributed by atoms with Crippen LogP contribution in [0.4, 0.5) is 13.2 Å². The fraction of sp³-hybridized carbons (Fsp3) is 0.111. The van der Waals surface area contributed by atoms with Gasteiger partial charge in [0.15, 0.2) is 0 Å². The Bertz CT molecular complexity index is 1370. The second-order valence-electron chi connectivity index (χ2n) is 8.04. The van der Waals surface area contributed by atoms with E-state index in [-0.39, 0.29) is 0 Å². The van der Waals surface area contributed by atoms with Gasteiger partial charge in [0.1, 0.15) is 0 Å². The first-order valence-corrected chi connectivity index (χ1v) is 14.6. The minimum absolute atomic E-state index is 0.334. The number of rotatable bonds is 7. The van der Waals surface area contributed by atoms with Crippen LogP contribution in [-0.2, 0) is 13.7 Å². The van der Waals surface area contributed by atoms with Gasteiger partial charge in [-0.1, -0.05) is 65.4 Å². The molecule has 0 spiro atoms. The Kier molecular flexibility index (Phi) is 7.56. The van der Waals surface area contributed by atoms with Crippen molar-refractivity contribution in [2.45, 2.75) is 43.8 Å². The van der Waals surface area contributed by atoms with Gasteiger partial charge in [0.25, 0.3) is 0 Å². The van der Waals surface area contributed by atoms with Crippen molar-refractivity contribution in [1.82, 2.24) is 0 Å². The topological polar surface area (TPSA) is 43.4 Å². The van der Waals surface area contributed by atoms with Crippen molar-refractivity contribution < 1.29 is 25.2 Å². The lowest BCUT2D eigenvalue weighted by Crippen LogP contribution is -2.27. The van der Waals surface area contributed by atoms with E-state index in [1.54, 1.807) is 72.8 Å². The normalized spacial score (nSPS) is 12.9. The van der Waals surface area contributed by atoms with Crippen LogP contribution in [0.1, 0.15) is 11.1 Å². The monoisotopic (exact) mass is 548 g/mol. The molecule has 0 N–H and O–H groups in total. The lowest BCUT2D eigenvalue weighted by molar-refractivity contribution is -0.0496. The van der Waals surface area contributed by atoms with Crippen molar-refractivity contribution in [3.63, 3.8) is 0 Å². The molecule has 0 bridgehead atoms. The van der Waals surface area contributed by atoms with E-state index < -0.39 is 25.9 Å². The van der Waals surface area contributed by atoms with Gasteiger partial charge in [-0.05, 0) is 84.8 Å². The Morgan fingerprint density at radius 2 is 1.00 bits per heavy atom. The molecule has 0 unspecified atom stereocenters. The maximum Gasteiger partial charge on any atom is 0.524 e. The van der Waals surface area contributed by atoms with Gasteiger partial charge < -0.3 is 0 Å². The predicted molar refractivity (Wildman–Crippen MR) is 138 cm³/mol. The Hall–Kier alpha value is -2.72. The van der Waals surface area contributed by atoms with Gasteiger partial charge in [-0.25, -0.2) is 0 Å². The molecule has 4 rings (SSSR count). The summed E-state index contributed by atoms with van der Waals surface area (Å²) in [5, 5.41) is 0. The fourth-order valence-electron chi connectivity index (χ4n) is 3.48. The lowest BCUT2D eigenvalue weighted by atomic mass is 10.2. The van der Waals surface area contributed by atoms with E-state index in [0.717, 1.165) is 20.9 Å². The first-order chi connectivity index (χ1) is 17.0. The Morgan fingerprint density at radius 3 is 1.42 bits per heavy atom. The number of halogens is 3. The van der Waals surface area contributed by atoms with Gasteiger partial charge in [-0.15, -0.1) is 0 Å². The van der Waals surface area contributed by atoms with Crippen LogP contribution in [0, 0.1) is 13.8 Å². The maximum absolute atomic E-state index is 13.6. The summed E-state index contributed by atoms with van der Waals surface area (Å²) in [5.74, 6) is 0. The van der Waals surface area contributed by atoms with Crippen molar-refractivity contribution in [3.8, 4) is 0 Å². The average Bonchev–Trinajstić information content (AvgIpc) is 2.84. The summed E-state index contributed by atoms with van der Waals surface area (Å²) in [5.41, 5.74) is -3.82. The molecule has 4 aromatic carbocycles. The second-order valence-corrected chi connectivity index (χ2v) is 13.6. The highest BCUT2D eigenvalue weighted by molar-refractivity contribution is 8.33.